The highest BCUT2D eigenvalue weighted by molar-refractivity contribution is 5.67. The van der Waals surface area contributed by atoms with Crippen molar-refractivity contribution in [3.8, 4) is 0 Å². The normalized spacial score (nSPS) is 14.7. The topological polar surface area (TPSA) is 76.2 Å². The summed E-state index contributed by atoms with van der Waals surface area (Å²) < 4.78 is 0. The van der Waals surface area contributed by atoms with E-state index in [4.69, 9.17) is 10.8 Å². The third-order valence-electron chi connectivity index (χ3n) is 2.26. The van der Waals surface area contributed by atoms with Crippen LogP contribution in [0.1, 0.15) is 24.8 Å². The van der Waals surface area contributed by atoms with E-state index in [9.17, 15) is 4.79 Å². The molecule has 76 valence electrons. The molecule has 2 atom stereocenters. The molecule has 0 saturated carbocycles. The van der Waals surface area contributed by atoms with Gasteiger partial charge in [-0.2, -0.15) is 0 Å². The van der Waals surface area contributed by atoms with Crippen LogP contribution in [0.25, 0.3) is 0 Å². The van der Waals surface area contributed by atoms with Gasteiger partial charge in [-0.3, -0.25) is 9.78 Å². The van der Waals surface area contributed by atoms with E-state index in [0.717, 1.165) is 5.56 Å². The maximum atomic E-state index is 10.4. The molecule has 1 heterocycles. The van der Waals surface area contributed by atoms with Gasteiger partial charge in [0.2, 0.25) is 0 Å². The number of nitrogens with two attached hydrogens (primary N) is 1. The maximum absolute atomic E-state index is 10.4. The van der Waals surface area contributed by atoms with Crippen LogP contribution in [0.5, 0.6) is 0 Å². The number of nitrogens with zero attached hydrogens (tertiary/aromatic N) is 1. The van der Waals surface area contributed by atoms with Gasteiger partial charge in [0.25, 0.3) is 0 Å². The number of hydrogen-bond donors (Lipinski definition) is 2. The molecule has 0 aliphatic heterocycles. The summed E-state index contributed by atoms with van der Waals surface area (Å²) >= 11 is 0. The van der Waals surface area contributed by atoms with Gasteiger partial charge in [0, 0.05) is 18.4 Å². The molecule has 0 aromatic carbocycles. The van der Waals surface area contributed by atoms with Crippen molar-refractivity contribution < 1.29 is 9.90 Å². The minimum atomic E-state index is -0.867. The standard InChI is InChI=1S/C10H14N2O2/c1-7(9(11)5-10(13)14)8-3-2-4-12-6-8/h2-4,6-7,9H,5,11H2,1H3,(H,13,14). The Balaban J connectivity index is 2.65. The molecule has 0 saturated heterocycles. The van der Waals surface area contributed by atoms with Crippen LogP contribution in [0.15, 0.2) is 24.5 Å². The summed E-state index contributed by atoms with van der Waals surface area (Å²) in [6.45, 7) is 1.91. The number of aromatic nitrogens is 1. The van der Waals surface area contributed by atoms with Gasteiger partial charge in [-0.15, -0.1) is 0 Å². The van der Waals surface area contributed by atoms with Crippen LogP contribution in [0.2, 0.25) is 0 Å². The second kappa shape index (κ2) is 4.72. The molecule has 0 radical (unpaired) electrons. The van der Waals surface area contributed by atoms with Gasteiger partial charge < -0.3 is 10.8 Å². The molecular formula is C10H14N2O2. The van der Waals surface area contributed by atoms with E-state index in [0.29, 0.717) is 0 Å². The first-order valence-corrected chi connectivity index (χ1v) is 4.48. The van der Waals surface area contributed by atoms with Crippen LogP contribution >= 0.6 is 0 Å². The zero-order valence-electron chi connectivity index (χ0n) is 8.05. The van der Waals surface area contributed by atoms with E-state index in [1.54, 1.807) is 12.4 Å². The summed E-state index contributed by atoms with van der Waals surface area (Å²) in [4.78, 5) is 14.4. The lowest BCUT2D eigenvalue weighted by molar-refractivity contribution is -0.137. The van der Waals surface area contributed by atoms with Crippen LogP contribution in [0.3, 0.4) is 0 Å². The zero-order chi connectivity index (χ0) is 10.6. The molecule has 0 spiro atoms. The number of carbonyl (C=O) groups is 1. The Kier molecular flexibility index (Phi) is 3.59. The van der Waals surface area contributed by atoms with Gasteiger partial charge >= 0.3 is 5.97 Å². The van der Waals surface area contributed by atoms with Gasteiger partial charge in [-0.05, 0) is 17.5 Å². The Hall–Kier alpha value is -1.42. The van der Waals surface area contributed by atoms with E-state index in [1.165, 1.54) is 0 Å². The SMILES string of the molecule is CC(c1cccnc1)C(N)CC(=O)O. The first-order valence-electron chi connectivity index (χ1n) is 4.48. The van der Waals surface area contributed by atoms with Crippen molar-refractivity contribution in [1.29, 1.82) is 0 Å². The molecule has 0 fully saturated rings. The van der Waals surface area contributed by atoms with Crippen molar-refractivity contribution in [3.05, 3.63) is 30.1 Å². The molecule has 1 aromatic rings. The molecule has 0 amide bonds. The molecule has 0 aliphatic rings. The third-order valence-corrected chi connectivity index (χ3v) is 2.26. The Morgan fingerprint density at radius 1 is 1.71 bits per heavy atom. The van der Waals surface area contributed by atoms with Crippen molar-refractivity contribution in [1.82, 2.24) is 4.98 Å². The lowest BCUT2D eigenvalue weighted by atomic mass is 9.93. The molecule has 2 unspecified atom stereocenters. The summed E-state index contributed by atoms with van der Waals surface area (Å²) in [6.07, 6.45) is 3.38. The number of carboxylic acids is 1. The van der Waals surface area contributed by atoms with Crippen LogP contribution in [0, 0.1) is 0 Å². The largest absolute Gasteiger partial charge is 0.481 e. The lowest BCUT2D eigenvalue weighted by Crippen LogP contribution is -2.29. The highest BCUT2D eigenvalue weighted by Crippen LogP contribution is 2.18. The zero-order valence-corrected chi connectivity index (χ0v) is 8.05. The summed E-state index contributed by atoms with van der Waals surface area (Å²) in [5, 5.41) is 8.58. The number of carboxylic acid groups (broad SMARTS) is 1. The van der Waals surface area contributed by atoms with E-state index >= 15 is 0 Å². The predicted octanol–water partition coefficient (Wildman–Crippen LogP) is 0.987. The average Bonchev–Trinajstić information content (AvgIpc) is 2.17. The fourth-order valence-electron chi connectivity index (χ4n) is 1.27. The predicted molar refractivity (Wildman–Crippen MR) is 52.9 cm³/mol. The second-order valence-corrected chi connectivity index (χ2v) is 3.34. The minimum Gasteiger partial charge on any atom is -0.481 e. The van der Waals surface area contributed by atoms with Gasteiger partial charge in [0.1, 0.15) is 0 Å². The van der Waals surface area contributed by atoms with Gasteiger partial charge in [-0.25, -0.2) is 0 Å². The maximum Gasteiger partial charge on any atom is 0.304 e. The highest BCUT2D eigenvalue weighted by Gasteiger charge is 2.17. The summed E-state index contributed by atoms with van der Waals surface area (Å²) in [7, 11) is 0. The van der Waals surface area contributed by atoms with Gasteiger partial charge in [-0.1, -0.05) is 13.0 Å². The van der Waals surface area contributed by atoms with Crippen LogP contribution in [-0.4, -0.2) is 22.1 Å². The minimum absolute atomic E-state index is 0.0137. The van der Waals surface area contributed by atoms with Crippen LogP contribution in [0.4, 0.5) is 0 Å². The molecule has 0 aliphatic carbocycles. The van der Waals surface area contributed by atoms with Gasteiger partial charge in [0.05, 0.1) is 6.42 Å². The molecule has 4 nitrogen and oxygen atoms in total. The Morgan fingerprint density at radius 2 is 2.43 bits per heavy atom. The molecule has 4 heteroatoms. The Bertz CT molecular complexity index is 300. The van der Waals surface area contributed by atoms with Crippen molar-refractivity contribution in [2.24, 2.45) is 5.73 Å². The summed E-state index contributed by atoms with van der Waals surface area (Å²) in [5.74, 6) is -0.854. The fraction of sp³-hybridized carbons (Fsp3) is 0.400. The number of hydrogen-bond acceptors (Lipinski definition) is 3. The molecule has 0 bridgehead atoms. The van der Waals surface area contributed by atoms with E-state index < -0.39 is 5.97 Å². The summed E-state index contributed by atoms with van der Waals surface area (Å²) in [6, 6.07) is 3.36. The number of pyridine rings is 1. The average molecular weight is 194 g/mol. The fourth-order valence-corrected chi connectivity index (χ4v) is 1.27. The quantitative estimate of drug-likeness (QED) is 0.749. The smallest absolute Gasteiger partial charge is 0.304 e. The first kappa shape index (κ1) is 10.7. The number of rotatable bonds is 4. The van der Waals surface area contributed by atoms with Crippen LogP contribution in [-0.2, 0) is 4.79 Å². The molecular weight excluding hydrogens is 180 g/mol. The van der Waals surface area contributed by atoms with E-state index in [2.05, 4.69) is 4.98 Å². The molecule has 1 rings (SSSR count). The van der Waals surface area contributed by atoms with Crippen molar-refractivity contribution >= 4 is 5.97 Å². The second-order valence-electron chi connectivity index (χ2n) is 3.34. The third kappa shape index (κ3) is 2.81. The van der Waals surface area contributed by atoms with E-state index in [1.807, 2.05) is 19.1 Å². The monoisotopic (exact) mass is 194 g/mol. The molecule has 3 N–H and O–H groups in total. The van der Waals surface area contributed by atoms with E-state index in [-0.39, 0.29) is 18.4 Å². The Morgan fingerprint density at radius 3 is 2.93 bits per heavy atom. The highest BCUT2D eigenvalue weighted by atomic mass is 16.4. The van der Waals surface area contributed by atoms with Crippen LogP contribution < -0.4 is 5.73 Å². The molecule has 14 heavy (non-hydrogen) atoms. The van der Waals surface area contributed by atoms with Gasteiger partial charge in [0.15, 0.2) is 0 Å². The first-order chi connectivity index (χ1) is 6.61. The van der Waals surface area contributed by atoms with Crippen molar-refractivity contribution in [3.63, 3.8) is 0 Å². The van der Waals surface area contributed by atoms with Crippen molar-refractivity contribution in [2.45, 2.75) is 25.3 Å². The molecule has 1 aromatic heterocycles. The number of aliphatic carboxylic acids is 1. The summed E-state index contributed by atoms with van der Waals surface area (Å²) in [5.41, 5.74) is 6.71. The van der Waals surface area contributed by atoms with Crippen molar-refractivity contribution in [2.75, 3.05) is 0 Å². The Labute approximate surface area is 82.8 Å². The lowest BCUT2D eigenvalue weighted by Gasteiger charge is -2.17.